The second-order valence-corrected chi connectivity index (χ2v) is 6.04. The Labute approximate surface area is 115 Å². The fourth-order valence-electron chi connectivity index (χ4n) is 2.76. The minimum absolute atomic E-state index is 0.633. The smallest absolute Gasteiger partial charge is 0.0859 e. The van der Waals surface area contributed by atoms with Gasteiger partial charge < -0.3 is 10.2 Å². The minimum Gasteiger partial charge on any atom is -0.381 e. The van der Waals surface area contributed by atoms with Crippen molar-refractivity contribution in [1.82, 2.24) is 10.3 Å². The van der Waals surface area contributed by atoms with E-state index in [9.17, 15) is 0 Å². The summed E-state index contributed by atoms with van der Waals surface area (Å²) in [7, 11) is 0. The van der Waals surface area contributed by atoms with Crippen molar-refractivity contribution in [3.05, 3.63) is 30.1 Å². The summed E-state index contributed by atoms with van der Waals surface area (Å²) in [5.41, 5.74) is 4.35. The summed E-state index contributed by atoms with van der Waals surface area (Å²) in [5.74, 6) is 0.797. The SMILES string of the molecule is C=C(NC1CC1)c1ccc(N2CCC(C)C2)c(C)n1. The van der Waals surface area contributed by atoms with E-state index in [4.69, 9.17) is 4.98 Å². The zero-order valence-electron chi connectivity index (χ0n) is 11.9. The second-order valence-electron chi connectivity index (χ2n) is 6.04. The Bertz CT molecular complexity index is 491. The van der Waals surface area contributed by atoms with Gasteiger partial charge in [0.15, 0.2) is 0 Å². The summed E-state index contributed by atoms with van der Waals surface area (Å²) in [6.07, 6.45) is 3.82. The van der Waals surface area contributed by atoms with Crippen LogP contribution in [0.25, 0.3) is 5.70 Å². The molecule has 2 fully saturated rings. The lowest BCUT2D eigenvalue weighted by molar-refractivity contribution is 0.659. The largest absolute Gasteiger partial charge is 0.381 e. The highest BCUT2D eigenvalue weighted by molar-refractivity contribution is 5.62. The monoisotopic (exact) mass is 257 g/mol. The molecule has 19 heavy (non-hydrogen) atoms. The number of hydrogen-bond donors (Lipinski definition) is 1. The average Bonchev–Trinajstić information content (AvgIpc) is 3.09. The van der Waals surface area contributed by atoms with Crippen molar-refractivity contribution in [3.63, 3.8) is 0 Å². The van der Waals surface area contributed by atoms with E-state index in [0.717, 1.165) is 36.1 Å². The highest BCUT2D eigenvalue weighted by atomic mass is 15.2. The van der Waals surface area contributed by atoms with Crippen molar-refractivity contribution >= 4 is 11.4 Å². The Morgan fingerprint density at radius 3 is 2.74 bits per heavy atom. The summed E-state index contributed by atoms with van der Waals surface area (Å²) >= 11 is 0. The topological polar surface area (TPSA) is 28.2 Å². The Hall–Kier alpha value is -1.51. The zero-order valence-corrected chi connectivity index (χ0v) is 11.9. The lowest BCUT2D eigenvalue weighted by atomic mass is 10.2. The van der Waals surface area contributed by atoms with Gasteiger partial charge >= 0.3 is 0 Å². The third-order valence-corrected chi connectivity index (χ3v) is 4.09. The molecular weight excluding hydrogens is 234 g/mol. The Balaban J connectivity index is 1.75. The fraction of sp³-hybridized carbons (Fsp3) is 0.562. The standard InChI is InChI=1S/C16H23N3/c1-11-8-9-19(10-11)16-7-6-15(18-13(16)3)12(2)17-14-4-5-14/h6-7,11,14,17H,2,4-5,8-10H2,1,3H3. The molecule has 3 rings (SSSR count). The minimum atomic E-state index is 0.633. The molecule has 1 aliphatic heterocycles. The maximum Gasteiger partial charge on any atom is 0.0859 e. The van der Waals surface area contributed by atoms with Crippen LogP contribution in [0.1, 0.15) is 37.6 Å². The normalized spacial score (nSPS) is 22.6. The van der Waals surface area contributed by atoms with Crippen LogP contribution in [0.2, 0.25) is 0 Å². The van der Waals surface area contributed by atoms with Gasteiger partial charge in [0.25, 0.3) is 0 Å². The van der Waals surface area contributed by atoms with Crippen molar-refractivity contribution in [1.29, 1.82) is 0 Å². The van der Waals surface area contributed by atoms with E-state index >= 15 is 0 Å². The van der Waals surface area contributed by atoms with Gasteiger partial charge in [0, 0.05) is 19.1 Å². The molecule has 0 spiro atoms. The van der Waals surface area contributed by atoms with Crippen LogP contribution in [-0.4, -0.2) is 24.1 Å². The van der Waals surface area contributed by atoms with Crippen LogP contribution in [0, 0.1) is 12.8 Å². The van der Waals surface area contributed by atoms with Crippen LogP contribution in [0.5, 0.6) is 0 Å². The molecule has 1 atom stereocenters. The first-order valence-electron chi connectivity index (χ1n) is 7.32. The summed E-state index contributed by atoms with van der Waals surface area (Å²) in [6, 6.07) is 4.94. The van der Waals surface area contributed by atoms with Gasteiger partial charge in [-0.3, -0.25) is 0 Å². The quantitative estimate of drug-likeness (QED) is 0.899. The van der Waals surface area contributed by atoms with Gasteiger partial charge in [0.05, 0.1) is 22.8 Å². The van der Waals surface area contributed by atoms with Crippen LogP contribution in [0.15, 0.2) is 18.7 Å². The number of nitrogens with one attached hydrogen (secondary N) is 1. The Kier molecular flexibility index (Phi) is 3.21. The molecule has 1 N–H and O–H groups in total. The second kappa shape index (κ2) is 4.87. The predicted octanol–water partition coefficient (Wildman–Crippen LogP) is 2.96. The molecule has 1 saturated heterocycles. The number of anilines is 1. The van der Waals surface area contributed by atoms with E-state index in [0.29, 0.717) is 6.04 Å². The first-order chi connectivity index (χ1) is 9.13. The van der Waals surface area contributed by atoms with Crippen LogP contribution < -0.4 is 10.2 Å². The third-order valence-electron chi connectivity index (χ3n) is 4.09. The van der Waals surface area contributed by atoms with Crippen LogP contribution >= 0.6 is 0 Å². The van der Waals surface area contributed by atoms with Crippen LogP contribution in [0.3, 0.4) is 0 Å². The molecule has 1 saturated carbocycles. The molecule has 3 nitrogen and oxygen atoms in total. The first-order valence-corrected chi connectivity index (χ1v) is 7.32. The third kappa shape index (κ3) is 2.75. The van der Waals surface area contributed by atoms with Crippen molar-refractivity contribution < 1.29 is 0 Å². The van der Waals surface area contributed by atoms with Gasteiger partial charge in [-0.15, -0.1) is 0 Å². The van der Waals surface area contributed by atoms with Gasteiger partial charge in [-0.25, -0.2) is 4.98 Å². The van der Waals surface area contributed by atoms with E-state index in [-0.39, 0.29) is 0 Å². The van der Waals surface area contributed by atoms with Gasteiger partial charge in [-0.2, -0.15) is 0 Å². The number of nitrogens with zero attached hydrogens (tertiary/aromatic N) is 2. The van der Waals surface area contributed by atoms with Crippen LogP contribution in [-0.2, 0) is 0 Å². The molecule has 102 valence electrons. The molecule has 2 heterocycles. The van der Waals surface area contributed by atoms with Crippen molar-refractivity contribution in [2.24, 2.45) is 5.92 Å². The number of pyridine rings is 1. The molecule has 1 aromatic rings. The molecule has 0 bridgehead atoms. The lowest BCUT2D eigenvalue weighted by Gasteiger charge is -2.21. The molecule has 0 amide bonds. The average molecular weight is 257 g/mol. The van der Waals surface area contributed by atoms with E-state index in [1.54, 1.807) is 0 Å². The highest BCUT2D eigenvalue weighted by Crippen LogP contribution is 2.27. The number of aromatic nitrogens is 1. The fourth-order valence-corrected chi connectivity index (χ4v) is 2.76. The molecule has 1 aliphatic carbocycles. The maximum atomic E-state index is 4.72. The van der Waals surface area contributed by atoms with Crippen LogP contribution in [0.4, 0.5) is 5.69 Å². The Morgan fingerprint density at radius 1 is 1.37 bits per heavy atom. The molecule has 1 aromatic heterocycles. The number of rotatable bonds is 4. The zero-order chi connectivity index (χ0) is 13.4. The molecule has 3 heteroatoms. The van der Waals surface area contributed by atoms with E-state index in [1.165, 1.54) is 24.9 Å². The molecular formula is C16H23N3. The van der Waals surface area contributed by atoms with E-state index in [2.05, 4.69) is 42.8 Å². The van der Waals surface area contributed by atoms with E-state index in [1.807, 2.05) is 0 Å². The van der Waals surface area contributed by atoms with Gasteiger partial charge in [0.2, 0.25) is 0 Å². The molecule has 1 unspecified atom stereocenters. The van der Waals surface area contributed by atoms with Crippen molar-refractivity contribution in [3.8, 4) is 0 Å². The summed E-state index contributed by atoms with van der Waals surface area (Å²) in [5, 5.41) is 3.42. The summed E-state index contributed by atoms with van der Waals surface area (Å²) in [4.78, 5) is 7.17. The molecule has 0 aromatic carbocycles. The van der Waals surface area contributed by atoms with E-state index < -0.39 is 0 Å². The molecule has 0 radical (unpaired) electrons. The lowest BCUT2D eigenvalue weighted by Crippen LogP contribution is -2.21. The van der Waals surface area contributed by atoms with Crippen molar-refractivity contribution in [2.75, 3.05) is 18.0 Å². The van der Waals surface area contributed by atoms with Gasteiger partial charge in [-0.05, 0) is 44.2 Å². The van der Waals surface area contributed by atoms with Crippen molar-refractivity contribution in [2.45, 2.75) is 39.2 Å². The molecule has 2 aliphatic rings. The summed E-state index contributed by atoms with van der Waals surface area (Å²) in [6.45, 7) is 10.8. The number of aryl methyl sites for hydroxylation is 1. The highest BCUT2D eigenvalue weighted by Gasteiger charge is 2.23. The maximum absolute atomic E-state index is 4.72. The first kappa shape index (κ1) is 12.5. The summed E-state index contributed by atoms with van der Waals surface area (Å²) < 4.78 is 0. The predicted molar refractivity (Wildman–Crippen MR) is 80.2 cm³/mol. The number of hydrogen-bond acceptors (Lipinski definition) is 3. The van der Waals surface area contributed by atoms with Gasteiger partial charge in [-0.1, -0.05) is 13.5 Å². The Morgan fingerprint density at radius 2 is 2.16 bits per heavy atom. The van der Waals surface area contributed by atoms with Gasteiger partial charge in [0.1, 0.15) is 0 Å².